The van der Waals surface area contributed by atoms with E-state index in [-0.39, 0.29) is 29.0 Å². The van der Waals surface area contributed by atoms with Crippen LogP contribution in [-0.4, -0.2) is 38.9 Å². The van der Waals surface area contributed by atoms with Crippen molar-refractivity contribution in [3.05, 3.63) is 23.8 Å². The lowest BCUT2D eigenvalue weighted by Gasteiger charge is -2.37. The van der Waals surface area contributed by atoms with E-state index in [0.29, 0.717) is 11.9 Å². The number of aromatic hydroxyl groups is 2. The molecule has 0 aromatic heterocycles. The summed E-state index contributed by atoms with van der Waals surface area (Å²) in [6, 6.07) is 4.36. The lowest BCUT2D eigenvalue weighted by Crippen LogP contribution is -2.45. The third-order valence-corrected chi connectivity index (χ3v) is 3.67. The molecule has 2 N–H and O–H groups in total. The van der Waals surface area contributed by atoms with E-state index in [9.17, 15) is 15.0 Å². The van der Waals surface area contributed by atoms with Crippen molar-refractivity contribution in [2.24, 2.45) is 0 Å². The highest BCUT2D eigenvalue weighted by Crippen LogP contribution is 2.29. The van der Waals surface area contributed by atoms with Gasteiger partial charge in [0.15, 0.2) is 0 Å². The summed E-state index contributed by atoms with van der Waals surface area (Å²) in [5.41, 5.74) is 0.251. The molecule has 1 aliphatic rings. The summed E-state index contributed by atoms with van der Waals surface area (Å²) < 4.78 is 0. The van der Waals surface area contributed by atoms with Crippen LogP contribution in [-0.2, 0) is 0 Å². The fourth-order valence-electron chi connectivity index (χ4n) is 2.09. The van der Waals surface area contributed by atoms with Crippen LogP contribution in [0.2, 0.25) is 0 Å². The molecular formula is C13H16BrNO3. The minimum absolute atomic E-state index is 0.0419. The molecule has 1 aromatic carbocycles. The van der Waals surface area contributed by atoms with Gasteiger partial charge in [-0.2, -0.15) is 0 Å². The summed E-state index contributed by atoms with van der Waals surface area (Å²) >= 11 is 3.35. The molecule has 1 amide bonds. The zero-order valence-corrected chi connectivity index (χ0v) is 11.6. The van der Waals surface area contributed by atoms with Crippen molar-refractivity contribution in [1.29, 1.82) is 0 Å². The maximum absolute atomic E-state index is 12.4. The topological polar surface area (TPSA) is 60.8 Å². The Labute approximate surface area is 114 Å². The molecule has 5 heteroatoms. The number of rotatable bonds is 4. The lowest BCUT2D eigenvalue weighted by molar-refractivity contribution is 0.0596. The maximum atomic E-state index is 12.4. The number of carbonyl (C=O) groups excluding carboxylic acids is 1. The van der Waals surface area contributed by atoms with Gasteiger partial charge in [0.05, 0.1) is 5.56 Å². The van der Waals surface area contributed by atoms with Crippen LogP contribution in [0.25, 0.3) is 0 Å². The summed E-state index contributed by atoms with van der Waals surface area (Å²) in [4.78, 5) is 14.2. The summed E-state index contributed by atoms with van der Waals surface area (Å²) in [6.45, 7) is 0.629. The Balaban J connectivity index is 2.21. The molecule has 0 atom stereocenters. The first-order valence-electron chi connectivity index (χ1n) is 6.02. The first kappa shape index (κ1) is 13.2. The van der Waals surface area contributed by atoms with E-state index in [1.54, 1.807) is 4.90 Å². The van der Waals surface area contributed by atoms with Gasteiger partial charge in [-0.05, 0) is 31.4 Å². The zero-order valence-electron chi connectivity index (χ0n) is 9.97. The first-order chi connectivity index (χ1) is 8.63. The minimum Gasteiger partial charge on any atom is -0.508 e. The van der Waals surface area contributed by atoms with Crippen molar-refractivity contribution in [2.75, 3.05) is 11.9 Å². The quantitative estimate of drug-likeness (QED) is 0.840. The Bertz CT molecular complexity index is 446. The number of benzene rings is 1. The number of amides is 1. The molecule has 1 aliphatic carbocycles. The summed E-state index contributed by atoms with van der Waals surface area (Å²) in [5, 5.41) is 19.7. The van der Waals surface area contributed by atoms with Crippen LogP contribution in [0.4, 0.5) is 0 Å². The Morgan fingerprint density at radius 2 is 2.11 bits per heavy atom. The predicted molar refractivity (Wildman–Crippen MR) is 72.2 cm³/mol. The van der Waals surface area contributed by atoms with Crippen molar-refractivity contribution in [3.63, 3.8) is 0 Å². The van der Waals surface area contributed by atoms with Crippen LogP contribution in [0.1, 0.15) is 29.6 Å². The first-order valence-corrected chi connectivity index (χ1v) is 7.14. The number of phenolic OH excluding ortho intramolecular Hbond substituents is 2. The number of hydrogen-bond acceptors (Lipinski definition) is 3. The van der Waals surface area contributed by atoms with Gasteiger partial charge in [-0.25, -0.2) is 0 Å². The van der Waals surface area contributed by atoms with E-state index in [1.165, 1.54) is 18.2 Å². The van der Waals surface area contributed by atoms with Gasteiger partial charge >= 0.3 is 0 Å². The van der Waals surface area contributed by atoms with E-state index in [4.69, 9.17) is 0 Å². The van der Waals surface area contributed by atoms with Gasteiger partial charge in [-0.15, -0.1) is 0 Å². The van der Waals surface area contributed by atoms with E-state index in [1.807, 2.05) is 0 Å². The second kappa shape index (κ2) is 5.61. The van der Waals surface area contributed by atoms with Gasteiger partial charge in [0, 0.05) is 24.0 Å². The molecule has 0 unspecified atom stereocenters. The van der Waals surface area contributed by atoms with Gasteiger partial charge < -0.3 is 15.1 Å². The standard InChI is InChI=1S/C13H16BrNO3/c14-6-7-15(9-2-1-3-9)13(18)11-5-4-10(16)8-12(11)17/h4-5,8-9,16-17H,1-3,6-7H2. The maximum Gasteiger partial charge on any atom is 0.257 e. The largest absolute Gasteiger partial charge is 0.508 e. The van der Waals surface area contributed by atoms with Crippen LogP contribution in [0.3, 0.4) is 0 Å². The summed E-state index contributed by atoms with van der Waals surface area (Å²) in [7, 11) is 0. The predicted octanol–water partition coefficient (Wildman–Crippen LogP) is 2.49. The van der Waals surface area contributed by atoms with E-state index in [2.05, 4.69) is 15.9 Å². The molecule has 0 bridgehead atoms. The molecular weight excluding hydrogens is 298 g/mol. The number of halogens is 1. The summed E-state index contributed by atoms with van der Waals surface area (Å²) in [6.07, 6.45) is 3.20. The highest BCUT2D eigenvalue weighted by molar-refractivity contribution is 9.09. The highest BCUT2D eigenvalue weighted by atomic mass is 79.9. The fraction of sp³-hybridized carbons (Fsp3) is 0.462. The Morgan fingerprint density at radius 3 is 2.61 bits per heavy atom. The average Bonchev–Trinajstić information content (AvgIpc) is 2.25. The van der Waals surface area contributed by atoms with Gasteiger partial charge in [0.2, 0.25) is 0 Å². The van der Waals surface area contributed by atoms with Crippen LogP contribution in [0.5, 0.6) is 11.5 Å². The van der Waals surface area contributed by atoms with Crippen molar-refractivity contribution in [1.82, 2.24) is 4.90 Å². The van der Waals surface area contributed by atoms with E-state index < -0.39 is 0 Å². The fourth-order valence-corrected chi connectivity index (χ4v) is 2.48. The molecule has 1 fully saturated rings. The zero-order chi connectivity index (χ0) is 13.1. The number of nitrogens with zero attached hydrogens (tertiary/aromatic N) is 1. The van der Waals surface area contributed by atoms with Crippen LogP contribution >= 0.6 is 15.9 Å². The van der Waals surface area contributed by atoms with Crippen LogP contribution < -0.4 is 0 Å². The third kappa shape index (κ3) is 2.61. The van der Waals surface area contributed by atoms with Gasteiger partial charge in [0.1, 0.15) is 11.5 Å². The molecule has 0 heterocycles. The van der Waals surface area contributed by atoms with Gasteiger partial charge in [-0.1, -0.05) is 15.9 Å². The monoisotopic (exact) mass is 313 g/mol. The number of hydrogen-bond donors (Lipinski definition) is 2. The van der Waals surface area contributed by atoms with Crippen LogP contribution in [0, 0.1) is 0 Å². The number of carbonyl (C=O) groups is 1. The second-order valence-electron chi connectivity index (χ2n) is 4.47. The van der Waals surface area contributed by atoms with Crippen molar-refractivity contribution >= 4 is 21.8 Å². The summed E-state index contributed by atoms with van der Waals surface area (Å²) in [5.74, 6) is -0.379. The van der Waals surface area contributed by atoms with Crippen molar-refractivity contribution in [3.8, 4) is 11.5 Å². The molecule has 18 heavy (non-hydrogen) atoms. The lowest BCUT2D eigenvalue weighted by atomic mass is 9.91. The molecule has 0 radical (unpaired) electrons. The van der Waals surface area contributed by atoms with Gasteiger partial charge in [-0.3, -0.25) is 4.79 Å². The molecule has 1 aromatic rings. The van der Waals surface area contributed by atoms with E-state index >= 15 is 0 Å². The van der Waals surface area contributed by atoms with Crippen molar-refractivity contribution in [2.45, 2.75) is 25.3 Å². The average molecular weight is 314 g/mol. The molecule has 98 valence electrons. The smallest absolute Gasteiger partial charge is 0.257 e. The van der Waals surface area contributed by atoms with Crippen molar-refractivity contribution < 1.29 is 15.0 Å². The normalized spacial score (nSPS) is 15.2. The Hall–Kier alpha value is -1.23. The molecule has 1 saturated carbocycles. The number of alkyl halides is 1. The molecule has 2 rings (SSSR count). The van der Waals surface area contributed by atoms with Gasteiger partial charge in [0.25, 0.3) is 5.91 Å². The van der Waals surface area contributed by atoms with Crippen LogP contribution in [0.15, 0.2) is 18.2 Å². The second-order valence-corrected chi connectivity index (χ2v) is 5.27. The minimum atomic E-state index is -0.170. The Morgan fingerprint density at radius 1 is 1.39 bits per heavy atom. The Kier molecular flexibility index (Phi) is 4.11. The third-order valence-electron chi connectivity index (χ3n) is 3.31. The van der Waals surface area contributed by atoms with E-state index in [0.717, 1.165) is 19.3 Å². The highest BCUT2D eigenvalue weighted by Gasteiger charge is 2.29. The SMILES string of the molecule is O=C(c1ccc(O)cc1O)N(CCBr)C1CCC1. The molecule has 4 nitrogen and oxygen atoms in total. The molecule has 0 spiro atoms. The number of phenols is 2. The molecule has 0 aliphatic heterocycles. The molecule has 0 saturated heterocycles.